The van der Waals surface area contributed by atoms with Crippen molar-refractivity contribution in [2.75, 3.05) is 26.2 Å². The number of nitrogens with one attached hydrogen (secondary N) is 1. The third-order valence-electron chi connectivity index (χ3n) is 4.09. The lowest BCUT2D eigenvalue weighted by Gasteiger charge is -2.22. The lowest BCUT2D eigenvalue weighted by molar-refractivity contribution is -0.130. The molecule has 1 N–H and O–H groups in total. The lowest BCUT2D eigenvalue weighted by atomic mass is 10.2. The summed E-state index contributed by atoms with van der Waals surface area (Å²) in [5.41, 5.74) is -0.228. The van der Waals surface area contributed by atoms with Crippen LogP contribution in [0, 0.1) is 0 Å². The highest BCUT2D eigenvalue weighted by Crippen LogP contribution is 2.13. The number of aromatic nitrogens is 1. The number of amides is 2. The maximum absolute atomic E-state index is 12.5. The van der Waals surface area contributed by atoms with Crippen LogP contribution >= 0.6 is 11.3 Å². The Balaban J connectivity index is 1.62. The Bertz CT molecular complexity index is 769. The summed E-state index contributed by atoms with van der Waals surface area (Å²) in [4.78, 5) is 43.7. The Labute approximate surface area is 143 Å². The van der Waals surface area contributed by atoms with Crippen LogP contribution in [0.3, 0.4) is 0 Å². The highest BCUT2D eigenvalue weighted by molar-refractivity contribution is 7.10. The molecule has 0 atom stereocenters. The van der Waals surface area contributed by atoms with Crippen LogP contribution in [-0.4, -0.2) is 52.8 Å². The molecule has 2 amide bonds. The number of hydrogen-bond acceptors (Lipinski definition) is 4. The molecule has 0 aliphatic carbocycles. The van der Waals surface area contributed by atoms with Gasteiger partial charge < -0.3 is 14.8 Å². The zero-order chi connectivity index (χ0) is 16.9. The van der Waals surface area contributed by atoms with Gasteiger partial charge in [-0.05, 0) is 30.0 Å². The van der Waals surface area contributed by atoms with Crippen LogP contribution in [-0.2, 0) is 11.2 Å². The van der Waals surface area contributed by atoms with Crippen molar-refractivity contribution in [3.8, 4) is 0 Å². The second-order valence-corrected chi connectivity index (χ2v) is 6.73. The van der Waals surface area contributed by atoms with E-state index >= 15 is 0 Å². The van der Waals surface area contributed by atoms with Gasteiger partial charge in [0.1, 0.15) is 5.56 Å². The Morgan fingerprint density at radius 2 is 1.88 bits per heavy atom. The molecule has 0 aromatic carbocycles. The van der Waals surface area contributed by atoms with Crippen molar-refractivity contribution in [2.45, 2.75) is 12.8 Å². The topological polar surface area (TPSA) is 73.5 Å². The summed E-state index contributed by atoms with van der Waals surface area (Å²) >= 11 is 1.57. The zero-order valence-electron chi connectivity index (χ0n) is 13.2. The summed E-state index contributed by atoms with van der Waals surface area (Å²) in [6.45, 7) is 2.14. The van der Waals surface area contributed by atoms with Gasteiger partial charge >= 0.3 is 0 Å². The first kappa shape index (κ1) is 16.4. The van der Waals surface area contributed by atoms with Crippen LogP contribution in [0.5, 0.6) is 0 Å². The molecule has 0 radical (unpaired) electrons. The van der Waals surface area contributed by atoms with Crippen LogP contribution in [0.4, 0.5) is 0 Å². The number of pyridine rings is 1. The van der Waals surface area contributed by atoms with E-state index in [1.54, 1.807) is 22.3 Å². The molecule has 1 fully saturated rings. The van der Waals surface area contributed by atoms with Gasteiger partial charge in [0.2, 0.25) is 5.91 Å². The number of carbonyl (C=O) groups is 2. The molecule has 3 rings (SSSR count). The molecule has 0 saturated carbocycles. The van der Waals surface area contributed by atoms with E-state index in [0.29, 0.717) is 39.0 Å². The fraction of sp³-hybridized carbons (Fsp3) is 0.353. The number of carbonyl (C=O) groups excluding carboxylic acids is 2. The Morgan fingerprint density at radius 3 is 2.62 bits per heavy atom. The first-order valence-corrected chi connectivity index (χ1v) is 8.80. The molecule has 2 aromatic heterocycles. The van der Waals surface area contributed by atoms with Crippen molar-refractivity contribution in [1.29, 1.82) is 0 Å². The fourth-order valence-electron chi connectivity index (χ4n) is 2.80. The van der Waals surface area contributed by atoms with Gasteiger partial charge in [-0.25, -0.2) is 0 Å². The van der Waals surface area contributed by atoms with E-state index in [9.17, 15) is 14.4 Å². The SMILES string of the molecule is O=C(Cc1cccs1)N1CCCN(C(=O)c2ccc[nH]c2=O)CC1. The van der Waals surface area contributed by atoms with Crippen molar-refractivity contribution in [3.05, 3.63) is 56.6 Å². The van der Waals surface area contributed by atoms with Crippen LogP contribution in [0.25, 0.3) is 0 Å². The maximum Gasteiger partial charge on any atom is 0.260 e. The summed E-state index contributed by atoms with van der Waals surface area (Å²) in [7, 11) is 0. The highest BCUT2D eigenvalue weighted by Gasteiger charge is 2.24. The average Bonchev–Trinajstić information content (AvgIpc) is 2.96. The van der Waals surface area contributed by atoms with E-state index in [0.717, 1.165) is 4.88 Å². The standard InChI is InChI=1S/C17H19N3O3S/c21-15(12-13-4-2-11-24-13)19-7-3-8-20(10-9-19)17(23)14-5-1-6-18-16(14)22/h1-2,4-6,11H,3,7-10,12H2,(H,18,22). The molecule has 1 aliphatic heterocycles. The maximum atomic E-state index is 12.5. The quantitative estimate of drug-likeness (QED) is 0.913. The second-order valence-electron chi connectivity index (χ2n) is 5.70. The second kappa shape index (κ2) is 7.44. The van der Waals surface area contributed by atoms with E-state index in [1.807, 2.05) is 22.4 Å². The van der Waals surface area contributed by atoms with Gasteiger partial charge in [0.25, 0.3) is 11.5 Å². The van der Waals surface area contributed by atoms with Gasteiger partial charge in [-0.15, -0.1) is 11.3 Å². The molecule has 1 saturated heterocycles. The Kier molecular flexibility index (Phi) is 5.10. The van der Waals surface area contributed by atoms with Crippen LogP contribution < -0.4 is 5.56 Å². The molecule has 0 spiro atoms. The largest absolute Gasteiger partial charge is 0.341 e. The van der Waals surface area contributed by atoms with Crippen LogP contribution in [0.2, 0.25) is 0 Å². The molecule has 126 valence electrons. The monoisotopic (exact) mass is 345 g/mol. The molecule has 7 heteroatoms. The predicted octanol–water partition coefficient (Wildman–Crippen LogP) is 1.35. The minimum absolute atomic E-state index is 0.0873. The number of rotatable bonds is 3. The van der Waals surface area contributed by atoms with Gasteiger partial charge in [0.05, 0.1) is 6.42 Å². The van der Waals surface area contributed by atoms with Crippen LogP contribution in [0.15, 0.2) is 40.6 Å². The number of aromatic amines is 1. The number of hydrogen-bond donors (Lipinski definition) is 1. The van der Waals surface area contributed by atoms with E-state index < -0.39 is 0 Å². The van der Waals surface area contributed by atoms with Crippen molar-refractivity contribution >= 4 is 23.2 Å². The van der Waals surface area contributed by atoms with E-state index in [1.165, 1.54) is 12.3 Å². The third kappa shape index (κ3) is 3.73. The Morgan fingerprint density at radius 1 is 1.08 bits per heavy atom. The summed E-state index contributed by atoms with van der Waals surface area (Å²) in [5, 5.41) is 1.96. The van der Waals surface area contributed by atoms with E-state index in [4.69, 9.17) is 0 Å². The molecule has 2 aromatic rings. The first-order chi connectivity index (χ1) is 11.6. The van der Waals surface area contributed by atoms with Gasteiger partial charge in [0, 0.05) is 37.3 Å². The molecule has 0 unspecified atom stereocenters. The predicted molar refractivity (Wildman–Crippen MR) is 92.2 cm³/mol. The molecule has 24 heavy (non-hydrogen) atoms. The normalized spacial score (nSPS) is 15.2. The van der Waals surface area contributed by atoms with Gasteiger partial charge in [-0.1, -0.05) is 6.07 Å². The van der Waals surface area contributed by atoms with Crippen molar-refractivity contribution in [3.63, 3.8) is 0 Å². The zero-order valence-corrected chi connectivity index (χ0v) is 14.1. The smallest absolute Gasteiger partial charge is 0.260 e. The van der Waals surface area contributed by atoms with Crippen molar-refractivity contribution in [1.82, 2.24) is 14.8 Å². The highest BCUT2D eigenvalue weighted by atomic mass is 32.1. The van der Waals surface area contributed by atoms with Gasteiger partial charge in [-0.2, -0.15) is 0 Å². The first-order valence-electron chi connectivity index (χ1n) is 7.92. The number of nitrogens with zero attached hydrogens (tertiary/aromatic N) is 2. The lowest BCUT2D eigenvalue weighted by Crippen LogP contribution is -2.39. The fourth-order valence-corrected chi connectivity index (χ4v) is 3.50. The number of H-pyrrole nitrogens is 1. The minimum atomic E-state index is -0.377. The molecule has 6 nitrogen and oxygen atoms in total. The Hall–Kier alpha value is -2.41. The van der Waals surface area contributed by atoms with Crippen LogP contribution in [0.1, 0.15) is 21.7 Å². The van der Waals surface area contributed by atoms with E-state index in [2.05, 4.69) is 4.98 Å². The molecular formula is C17H19N3O3S. The van der Waals surface area contributed by atoms with Crippen molar-refractivity contribution < 1.29 is 9.59 Å². The average molecular weight is 345 g/mol. The summed E-state index contributed by atoms with van der Waals surface area (Å²) in [6, 6.07) is 7.07. The summed E-state index contributed by atoms with van der Waals surface area (Å²) in [5.74, 6) is -0.186. The number of thiophene rings is 1. The third-order valence-corrected chi connectivity index (χ3v) is 4.97. The summed E-state index contributed by atoms with van der Waals surface area (Å²) < 4.78 is 0. The van der Waals surface area contributed by atoms with Gasteiger partial charge in [-0.3, -0.25) is 14.4 Å². The molecular weight excluding hydrogens is 326 g/mol. The molecule has 3 heterocycles. The molecule has 1 aliphatic rings. The molecule has 0 bridgehead atoms. The van der Waals surface area contributed by atoms with E-state index in [-0.39, 0.29) is 22.9 Å². The minimum Gasteiger partial charge on any atom is -0.341 e. The van der Waals surface area contributed by atoms with Gasteiger partial charge in [0.15, 0.2) is 0 Å². The summed E-state index contributed by atoms with van der Waals surface area (Å²) in [6.07, 6.45) is 2.63. The van der Waals surface area contributed by atoms with Crippen molar-refractivity contribution in [2.24, 2.45) is 0 Å².